The lowest BCUT2D eigenvalue weighted by molar-refractivity contribution is 0.0903. The number of aliphatic hydroxyl groups is 1. The maximum Gasteiger partial charge on any atom is 0.251 e. The van der Waals surface area contributed by atoms with Crippen molar-refractivity contribution in [3.8, 4) is 11.3 Å². The molecular formula is C23H24ClFN4O3. The standard InChI is InChI=1S/C23H24ClFN4O3/c1-14-12-29(21(13-30)15-2-3-18(24)19(25)10-15)22(31)11-17(14)20-4-7-26-23(28-20)27-16-5-8-32-9-6-16/h2-4,7,10-12,16,21,30H,5-6,8-9,13H2,1H3,(H,26,27,28)/t21-/m1/s1. The van der Waals surface area contributed by atoms with Crippen LogP contribution < -0.4 is 10.9 Å². The van der Waals surface area contributed by atoms with Crippen LogP contribution in [-0.4, -0.2) is 45.5 Å². The summed E-state index contributed by atoms with van der Waals surface area (Å²) in [7, 11) is 0. The number of aliphatic hydroxyl groups excluding tert-OH is 1. The normalized spacial score (nSPS) is 15.5. The number of rotatable bonds is 6. The third kappa shape index (κ3) is 4.82. The van der Waals surface area contributed by atoms with E-state index in [0.29, 0.717) is 36.0 Å². The number of hydrogen-bond acceptors (Lipinski definition) is 6. The summed E-state index contributed by atoms with van der Waals surface area (Å²) in [5.74, 6) is -0.0996. The van der Waals surface area contributed by atoms with Crippen LogP contribution >= 0.6 is 11.6 Å². The average molecular weight is 459 g/mol. The number of aromatic nitrogens is 3. The first-order valence-corrected chi connectivity index (χ1v) is 10.8. The molecule has 4 rings (SSSR count). The largest absolute Gasteiger partial charge is 0.394 e. The smallest absolute Gasteiger partial charge is 0.251 e. The summed E-state index contributed by atoms with van der Waals surface area (Å²) in [6, 6.07) is 6.98. The zero-order chi connectivity index (χ0) is 22.7. The lowest BCUT2D eigenvalue weighted by Gasteiger charge is -2.23. The fourth-order valence-electron chi connectivity index (χ4n) is 3.85. The zero-order valence-electron chi connectivity index (χ0n) is 17.6. The molecule has 168 valence electrons. The van der Waals surface area contributed by atoms with E-state index in [1.165, 1.54) is 22.8 Å². The van der Waals surface area contributed by atoms with Crippen LogP contribution in [0.3, 0.4) is 0 Å². The number of anilines is 1. The molecular weight excluding hydrogens is 435 g/mol. The predicted molar refractivity (Wildman–Crippen MR) is 121 cm³/mol. The Bertz CT molecular complexity index is 1160. The molecule has 0 aliphatic carbocycles. The molecule has 1 fully saturated rings. The van der Waals surface area contributed by atoms with Crippen molar-refractivity contribution >= 4 is 17.5 Å². The quantitative estimate of drug-likeness (QED) is 0.587. The van der Waals surface area contributed by atoms with Crippen molar-refractivity contribution in [3.63, 3.8) is 0 Å². The Morgan fingerprint density at radius 1 is 1.31 bits per heavy atom. The van der Waals surface area contributed by atoms with E-state index in [0.717, 1.165) is 18.4 Å². The van der Waals surface area contributed by atoms with Gasteiger partial charge in [0.1, 0.15) is 5.82 Å². The van der Waals surface area contributed by atoms with Crippen LogP contribution in [0.15, 0.2) is 47.5 Å². The van der Waals surface area contributed by atoms with E-state index in [9.17, 15) is 14.3 Å². The minimum absolute atomic E-state index is 0.0155. The maximum absolute atomic E-state index is 13.9. The summed E-state index contributed by atoms with van der Waals surface area (Å²) < 4.78 is 20.7. The minimum Gasteiger partial charge on any atom is -0.394 e. The number of halogens is 2. The van der Waals surface area contributed by atoms with Crippen molar-refractivity contribution in [2.24, 2.45) is 0 Å². The number of benzene rings is 1. The maximum atomic E-state index is 13.9. The van der Waals surface area contributed by atoms with Crippen molar-refractivity contribution in [1.82, 2.24) is 14.5 Å². The summed E-state index contributed by atoms with van der Waals surface area (Å²) in [6.45, 7) is 2.90. The minimum atomic E-state index is -0.738. The van der Waals surface area contributed by atoms with E-state index < -0.39 is 11.9 Å². The second-order valence-corrected chi connectivity index (χ2v) is 8.19. The molecule has 9 heteroatoms. The van der Waals surface area contributed by atoms with Gasteiger partial charge in [-0.25, -0.2) is 14.4 Å². The average Bonchev–Trinajstić information content (AvgIpc) is 2.79. The van der Waals surface area contributed by atoms with Crippen LogP contribution in [0.2, 0.25) is 5.02 Å². The molecule has 0 unspecified atom stereocenters. The third-order valence-corrected chi connectivity index (χ3v) is 5.91. The van der Waals surface area contributed by atoms with Gasteiger partial charge in [0.2, 0.25) is 5.95 Å². The van der Waals surface area contributed by atoms with E-state index in [-0.39, 0.29) is 23.2 Å². The zero-order valence-corrected chi connectivity index (χ0v) is 18.3. The Morgan fingerprint density at radius 2 is 2.09 bits per heavy atom. The first-order valence-electron chi connectivity index (χ1n) is 10.4. The topological polar surface area (TPSA) is 89.3 Å². The monoisotopic (exact) mass is 458 g/mol. The number of pyridine rings is 1. The van der Waals surface area contributed by atoms with Gasteiger partial charge < -0.3 is 19.7 Å². The molecule has 7 nitrogen and oxygen atoms in total. The first kappa shape index (κ1) is 22.4. The molecule has 1 saturated heterocycles. The van der Waals surface area contributed by atoms with Crippen molar-refractivity contribution in [2.75, 3.05) is 25.1 Å². The van der Waals surface area contributed by atoms with Crippen molar-refractivity contribution in [1.29, 1.82) is 0 Å². The van der Waals surface area contributed by atoms with Crippen LogP contribution in [0.5, 0.6) is 0 Å². The summed E-state index contributed by atoms with van der Waals surface area (Å²) in [4.78, 5) is 21.8. The highest BCUT2D eigenvalue weighted by Gasteiger charge is 2.19. The second kappa shape index (κ2) is 9.77. The number of nitrogens with one attached hydrogen (secondary N) is 1. The highest BCUT2D eigenvalue weighted by Crippen LogP contribution is 2.25. The number of hydrogen-bond donors (Lipinski definition) is 2. The van der Waals surface area contributed by atoms with Gasteiger partial charge in [-0.15, -0.1) is 0 Å². The molecule has 2 N–H and O–H groups in total. The van der Waals surface area contributed by atoms with Gasteiger partial charge in [-0.3, -0.25) is 4.79 Å². The van der Waals surface area contributed by atoms with Crippen LogP contribution in [0.4, 0.5) is 10.3 Å². The van der Waals surface area contributed by atoms with Crippen LogP contribution in [0, 0.1) is 12.7 Å². The Morgan fingerprint density at radius 3 is 2.81 bits per heavy atom. The summed E-state index contributed by atoms with van der Waals surface area (Å²) >= 11 is 5.76. The van der Waals surface area contributed by atoms with Gasteiger partial charge in [-0.05, 0) is 49.1 Å². The molecule has 1 aliphatic rings. The second-order valence-electron chi connectivity index (χ2n) is 7.78. The molecule has 2 aromatic heterocycles. The summed E-state index contributed by atoms with van der Waals surface area (Å²) in [6.07, 6.45) is 5.08. The first-order chi connectivity index (χ1) is 15.5. The van der Waals surface area contributed by atoms with Gasteiger partial charge in [-0.2, -0.15) is 0 Å². The Balaban J connectivity index is 1.64. The fraction of sp³-hybridized carbons (Fsp3) is 0.348. The molecule has 3 heterocycles. The van der Waals surface area contributed by atoms with Crippen molar-refractivity contribution in [3.05, 3.63) is 75.0 Å². The predicted octanol–water partition coefficient (Wildman–Crippen LogP) is 3.58. The van der Waals surface area contributed by atoms with E-state index in [1.807, 2.05) is 6.92 Å². The number of aryl methyl sites for hydroxylation is 1. The number of ether oxygens (including phenoxy) is 1. The van der Waals surface area contributed by atoms with Gasteiger partial charge in [0, 0.05) is 43.3 Å². The molecule has 1 atom stereocenters. The fourth-order valence-corrected chi connectivity index (χ4v) is 3.97. The van der Waals surface area contributed by atoms with Gasteiger partial charge >= 0.3 is 0 Å². The molecule has 0 bridgehead atoms. The molecule has 32 heavy (non-hydrogen) atoms. The molecule has 0 saturated carbocycles. The molecule has 0 amide bonds. The highest BCUT2D eigenvalue weighted by molar-refractivity contribution is 6.30. The molecule has 1 aliphatic heterocycles. The van der Waals surface area contributed by atoms with E-state index in [4.69, 9.17) is 16.3 Å². The van der Waals surface area contributed by atoms with Crippen LogP contribution in [0.1, 0.15) is 30.0 Å². The van der Waals surface area contributed by atoms with Gasteiger partial charge in [0.05, 0.1) is 23.4 Å². The lowest BCUT2D eigenvalue weighted by atomic mass is 10.0. The molecule has 0 spiro atoms. The number of nitrogens with zero attached hydrogens (tertiary/aromatic N) is 3. The lowest BCUT2D eigenvalue weighted by Crippen LogP contribution is -2.29. The van der Waals surface area contributed by atoms with Gasteiger partial charge in [0.15, 0.2) is 0 Å². The van der Waals surface area contributed by atoms with Gasteiger partial charge in [0.25, 0.3) is 5.56 Å². The summed E-state index contributed by atoms with van der Waals surface area (Å²) in [5.41, 5.74) is 2.19. The van der Waals surface area contributed by atoms with Crippen molar-refractivity contribution in [2.45, 2.75) is 31.8 Å². The van der Waals surface area contributed by atoms with E-state index in [1.54, 1.807) is 24.5 Å². The van der Waals surface area contributed by atoms with Gasteiger partial charge in [-0.1, -0.05) is 17.7 Å². The molecule has 0 radical (unpaired) electrons. The molecule has 3 aromatic rings. The van der Waals surface area contributed by atoms with Crippen LogP contribution in [0.25, 0.3) is 11.3 Å². The van der Waals surface area contributed by atoms with E-state index >= 15 is 0 Å². The highest BCUT2D eigenvalue weighted by atomic mass is 35.5. The Labute approximate surface area is 189 Å². The third-order valence-electron chi connectivity index (χ3n) is 5.60. The van der Waals surface area contributed by atoms with E-state index in [2.05, 4.69) is 15.3 Å². The van der Waals surface area contributed by atoms with Crippen LogP contribution in [-0.2, 0) is 4.74 Å². The SMILES string of the molecule is Cc1cn([C@H](CO)c2ccc(Cl)c(F)c2)c(=O)cc1-c1ccnc(NC2CCOCC2)n1. The molecule has 1 aromatic carbocycles. The summed E-state index contributed by atoms with van der Waals surface area (Å²) in [5, 5.41) is 13.2. The Hall–Kier alpha value is -2.81. The van der Waals surface area contributed by atoms with Crippen molar-refractivity contribution < 1.29 is 14.2 Å². The Kier molecular flexibility index (Phi) is 6.83.